The molecule has 0 spiro atoms. The van der Waals surface area contributed by atoms with Crippen molar-refractivity contribution < 1.29 is 0 Å². The minimum atomic E-state index is -0.0302. The molecule has 0 amide bonds. The number of hydrogen-bond donors (Lipinski definition) is 1. The molecule has 2 N–H and O–H groups in total. The SMILES string of the molecule is CCCn1c(C2(C)CCCC2N)nc2cccc(Cl)c21. The Hall–Kier alpha value is -1.06. The van der Waals surface area contributed by atoms with Crippen molar-refractivity contribution in [3.05, 3.63) is 29.0 Å². The molecule has 0 aliphatic heterocycles. The Morgan fingerprint density at radius 3 is 2.95 bits per heavy atom. The van der Waals surface area contributed by atoms with Gasteiger partial charge in [0.05, 0.1) is 16.1 Å². The van der Waals surface area contributed by atoms with Gasteiger partial charge in [0.1, 0.15) is 5.82 Å². The molecule has 20 heavy (non-hydrogen) atoms. The van der Waals surface area contributed by atoms with Crippen molar-refractivity contribution in [1.82, 2.24) is 9.55 Å². The van der Waals surface area contributed by atoms with Crippen molar-refractivity contribution >= 4 is 22.6 Å². The Kier molecular flexibility index (Phi) is 3.51. The van der Waals surface area contributed by atoms with Crippen LogP contribution in [0.1, 0.15) is 45.4 Å². The fraction of sp³-hybridized carbons (Fsp3) is 0.562. The van der Waals surface area contributed by atoms with E-state index in [1.807, 2.05) is 18.2 Å². The lowest BCUT2D eigenvalue weighted by Crippen LogP contribution is -2.40. The zero-order valence-electron chi connectivity index (χ0n) is 12.2. The van der Waals surface area contributed by atoms with E-state index in [1.54, 1.807) is 0 Å². The van der Waals surface area contributed by atoms with Gasteiger partial charge in [0.15, 0.2) is 0 Å². The van der Waals surface area contributed by atoms with Gasteiger partial charge < -0.3 is 10.3 Å². The van der Waals surface area contributed by atoms with E-state index in [-0.39, 0.29) is 11.5 Å². The van der Waals surface area contributed by atoms with Gasteiger partial charge in [-0.15, -0.1) is 0 Å². The number of para-hydroxylation sites is 1. The second-order valence-electron chi connectivity index (χ2n) is 6.11. The van der Waals surface area contributed by atoms with Crippen LogP contribution in [0.15, 0.2) is 18.2 Å². The van der Waals surface area contributed by atoms with E-state index in [1.165, 1.54) is 6.42 Å². The molecule has 108 valence electrons. The summed E-state index contributed by atoms with van der Waals surface area (Å²) < 4.78 is 2.29. The fourth-order valence-corrected chi connectivity index (χ4v) is 3.76. The number of rotatable bonds is 3. The Morgan fingerprint density at radius 1 is 1.50 bits per heavy atom. The number of benzene rings is 1. The van der Waals surface area contributed by atoms with E-state index in [2.05, 4.69) is 18.4 Å². The zero-order valence-corrected chi connectivity index (χ0v) is 13.0. The number of nitrogens with zero attached hydrogens (tertiary/aromatic N) is 2. The number of aromatic nitrogens is 2. The Balaban J connectivity index is 2.25. The van der Waals surface area contributed by atoms with Crippen LogP contribution < -0.4 is 5.73 Å². The van der Waals surface area contributed by atoms with Crippen LogP contribution in [0.2, 0.25) is 5.02 Å². The van der Waals surface area contributed by atoms with Gasteiger partial charge in [0.2, 0.25) is 0 Å². The first kappa shape index (κ1) is 13.9. The third kappa shape index (κ3) is 1.95. The fourth-order valence-electron chi connectivity index (χ4n) is 3.49. The molecule has 1 fully saturated rings. The average Bonchev–Trinajstić information content (AvgIpc) is 2.94. The summed E-state index contributed by atoms with van der Waals surface area (Å²) in [5, 5.41) is 0.782. The van der Waals surface area contributed by atoms with Crippen LogP contribution in [-0.4, -0.2) is 15.6 Å². The molecule has 3 rings (SSSR count). The smallest absolute Gasteiger partial charge is 0.117 e. The predicted octanol–water partition coefficient (Wildman–Crippen LogP) is 3.87. The molecule has 1 aliphatic carbocycles. The van der Waals surface area contributed by atoms with Crippen molar-refractivity contribution in [1.29, 1.82) is 0 Å². The number of fused-ring (bicyclic) bond motifs is 1. The molecule has 1 aromatic carbocycles. The third-order valence-corrected chi connectivity index (χ3v) is 5.01. The van der Waals surface area contributed by atoms with Crippen LogP contribution in [0.4, 0.5) is 0 Å². The molecule has 1 aliphatic rings. The highest BCUT2D eigenvalue weighted by Crippen LogP contribution is 2.41. The van der Waals surface area contributed by atoms with Gasteiger partial charge in [0, 0.05) is 18.0 Å². The van der Waals surface area contributed by atoms with Crippen LogP contribution in [0.3, 0.4) is 0 Å². The molecule has 0 saturated heterocycles. The Bertz CT molecular complexity index is 634. The van der Waals surface area contributed by atoms with Gasteiger partial charge in [-0.05, 0) is 31.4 Å². The summed E-state index contributed by atoms with van der Waals surface area (Å²) in [4.78, 5) is 4.89. The first-order valence-electron chi connectivity index (χ1n) is 7.48. The van der Waals surface area contributed by atoms with Crippen molar-refractivity contribution in [3.8, 4) is 0 Å². The molecule has 3 nitrogen and oxygen atoms in total. The molecule has 0 radical (unpaired) electrons. The van der Waals surface area contributed by atoms with E-state index in [4.69, 9.17) is 22.3 Å². The molecule has 4 heteroatoms. The number of halogens is 1. The van der Waals surface area contributed by atoms with Gasteiger partial charge in [0.25, 0.3) is 0 Å². The highest BCUT2D eigenvalue weighted by molar-refractivity contribution is 6.35. The second-order valence-corrected chi connectivity index (χ2v) is 6.52. The largest absolute Gasteiger partial charge is 0.327 e. The van der Waals surface area contributed by atoms with E-state index in [0.29, 0.717) is 0 Å². The monoisotopic (exact) mass is 291 g/mol. The minimum Gasteiger partial charge on any atom is -0.327 e. The van der Waals surface area contributed by atoms with Crippen LogP contribution in [0.25, 0.3) is 11.0 Å². The lowest BCUT2D eigenvalue weighted by molar-refractivity contribution is 0.386. The van der Waals surface area contributed by atoms with Gasteiger partial charge >= 0.3 is 0 Å². The molecular weight excluding hydrogens is 270 g/mol. The highest BCUT2D eigenvalue weighted by atomic mass is 35.5. The standard InChI is InChI=1S/C16H22ClN3/c1-3-10-20-14-11(17)6-4-7-12(14)19-15(20)16(2)9-5-8-13(16)18/h4,6-7,13H,3,5,8-10,18H2,1-2H3. The van der Waals surface area contributed by atoms with Crippen LogP contribution >= 0.6 is 11.6 Å². The zero-order chi connectivity index (χ0) is 14.3. The topological polar surface area (TPSA) is 43.8 Å². The number of hydrogen-bond acceptors (Lipinski definition) is 2. The van der Waals surface area contributed by atoms with Crippen molar-refractivity contribution in [2.75, 3.05) is 0 Å². The molecule has 1 aromatic heterocycles. The van der Waals surface area contributed by atoms with Gasteiger partial charge in [-0.3, -0.25) is 0 Å². The molecule has 1 saturated carbocycles. The average molecular weight is 292 g/mol. The number of aryl methyl sites for hydroxylation is 1. The van der Waals surface area contributed by atoms with Crippen LogP contribution in [-0.2, 0) is 12.0 Å². The lowest BCUT2D eigenvalue weighted by atomic mass is 9.84. The van der Waals surface area contributed by atoms with Crippen molar-refractivity contribution in [3.63, 3.8) is 0 Å². The van der Waals surface area contributed by atoms with Crippen molar-refractivity contribution in [2.24, 2.45) is 5.73 Å². The minimum absolute atomic E-state index is 0.0302. The predicted molar refractivity (Wildman–Crippen MR) is 84.2 cm³/mol. The van der Waals surface area contributed by atoms with Crippen LogP contribution in [0, 0.1) is 0 Å². The summed E-state index contributed by atoms with van der Waals surface area (Å²) in [6, 6.07) is 6.14. The van der Waals surface area contributed by atoms with E-state index in [9.17, 15) is 0 Å². The Morgan fingerprint density at radius 2 is 2.30 bits per heavy atom. The molecule has 2 unspecified atom stereocenters. The van der Waals surface area contributed by atoms with Gasteiger partial charge in [-0.2, -0.15) is 0 Å². The maximum atomic E-state index is 6.41. The third-order valence-electron chi connectivity index (χ3n) is 4.71. The van der Waals surface area contributed by atoms with E-state index < -0.39 is 0 Å². The summed E-state index contributed by atoms with van der Waals surface area (Å²) in [5.74, 6) is 1.12. The molecule has 2 aromatic rings. The Labute approximate surface area is 125 Å². The summed E-state index contributed by atoms with van der Waals surface area (Å²) in [5.41, 5.74) is 8.40. The number of nitrogens with two attached hydrogens (primary N) is 1. The summed E-state index contributed by atoms with van der Waals surface area (Å²) >= 11 is 6.41. The normalized spacial score (nSPS) is 26.5. The van der Waals surface area contributed by atoms with Gasteiger partial charge in [-0.1, -0.05) is 37.9 Å². The lowest BCUT2D eigenvalue weighted by Gasteiger charge is -2.29. The quantitative estimate of drug-likeness (QED) is 0.933. The van der Waals surface area contributed by atoms with Crippen LogP contribution in [0.5, 0.6) is 0 Å². The molecule has 2 atom stereocenters. The van der Waals surface area contributed by atoms with Crippen molar-refractivity contribution in [2.45, 2.75) is 57.5 Å². The molecule has 0 bridgehead atoms. The maximum Gasteiger partial charge on any atom is 0.117 e. The maximum absolute atomic E-state index is 6.41. The second kappa shape index (κ2) is 5.05. The first-order chi connectivity index (χ1) is 9.58. The van der Waals surface area contributed by atoms with E-state index in [0.717, 1.165) is 47.7 Å². The highest BCUT2D eigenvalue weighted by Gasteiger charge is 2.41. The summed E-state index contributed by atoms with van der Waals surface area (Å²) in [6.07, 6.45) is 4.44. The number of imidazole rings is 1. The van der Waals surface area contributed by atoms with Gasteiger partial charge in [-0.25, -0.2) is 4.98 Å². The molecule has 1 heterocycles. The first-order valence-corrected chi connectivity index (χ1v) is 7.86. The summed E-state index contributed by atoms with van der Waals surface area (Å²) in [7, 11) is 0. The summed E-state index contributed by atoms with van der Waals surface area (Å²) in [6.45, 7) is 5.38. The van der Waals surface area contributed by atoms with E-state index >= 15 is 0 Å². The molecular formula is C16H22ClN3.